The molecule has 0 aliphatic carbocycles. The van der Waals surface area contributed by atoms with Gasteiger partial charge in [0.25, 0.3) is 0 Å². The number of hydrogen-bond acceptors (Lipinski definition) is 26. The van der Waals surface area contributed by atoms with Crippen LogP contribution in [0.4, 0.5) is 0 Å². The predicted molar refractivity (Wildman–Crippen MR) is 432 cm³/mol. The third kappa shape index (κ3) is 18.5. The minimum atomic E-state index is -2.19. The standard InChI is InChI=1S/C44H69NO12S.C44H69NO12Si/c1-23-15-27-7-9-32-24(2)16-29(50-32)11-12-44-21-37-40(56-44)41-42(55-37)43(57-44)39-33(54-41)10-8-28(52-39)17-26(46)18-31-35(20-34(51-27)25(23)3)53-36(38(31)48-4)19-30(22-45)49-13-14-58(5,6)47;1-23-15-28-7-9-32-24(2)16-30(50-32)11-12-44-21-37-40(56-44)41-42(55-37)43(57-44)39-33(54-41)10-8-29(52-39)17-26(46)18-31-35(20-34(51-28)25(23)3)53-36(38(31)49-4)19-27(47)22-45-13-14-58(5,6)48/h23,27-43,47H,2-3,7-22,45H2,1,4-6H3;23,27-43,45,47-48H,2-3,7-22H2,1,4-6H3/t23-,27+,28-,29+,30+,31+,32+,33+,34-,35+,36-,37-,38-,39+,40?,41+,42+,43+,44+;23-,27+,28+,29-,30+,31+,32+,33+,34-,35+,36-,37-,38-,39+,40?,41+,42+,43+,44+/m11/s1. The number of ketones is 2. The largest absolute Gasteiger partial charge is 0.432 e. The molecule has 20 aliphatic rings. The minimum Gasteiger partial charge on any atom is -0.432 e. The van der Waals surface area contributed by atoms with Crippen molar-refractivity contribution in [2.75, 3.05) is 58.7 Å². The Morgan fingerprint density at radius 1 is 0.509 bits per heavy atom. The molecule has 20 rings (SSSR count). The predicted octanol–water partition coefficient (Wildman–Crippen LogP) is 9.27. The van der Waals surface area contributed by atoms with Gasteiger partial charge in [-0.15, -0.1) is 10.3 Å². The molecule has 2 spiro atoms. The highest BCUT2D eigenvalue weighted by atomic mass is 32.3. The van der Waals surface area contributed by atoms with Crippen LogP contribution in [0.25, 0.3) is 0 Å². The molecule has 26 nitrogen and oxygen atoms in total. The molecule has 6 N–H and O–H groups in total. The number of fused-ring (bicyclic) bond motifs is 12. The van der Waals surface area contributed by atoms with E-state index in [1.54, 1.807) is 14.2 Å². The lowest BCUT2D eigenvalue weighted by Crippen LogP contribution is -2.61. The van der Waals surface area contributed by atoms with E-state index in [2.05, 4.69) is 45.5 Å². The molecule has 0 amide bonds. The van der Waals surface area contributed by atoms with Crippen LogP contribution in [0.5, 0.6) is 0 Å². The Labute approximate surface area is 689 Å². The number of aliphatic hydroxyl groups excluding tert-OH is 1. The number of methoxy groups -OCH3 is 2. The van der Waals surface area contributed by atoms with Gasteiger partial charge in [0, 0.05) is 122 Å². The van der Waals surface area contributed by atoms with Crippen molar-refractivity contribution >= 4 is 30.2 Å². The molecule has 0 aromatic carbocycles. The number of carbonyl (C=O) groups excluding carboxylic acids is 2. The van der Waals surface area contributed by atoms with Crippen LogP contribution in [0.1, 0.15) is 181 Å². The van der Waals surface area contributed by atoms with Crippen LogP contribution in [0.3, 0.4) is 0 Å². The molecule has 20 heterocycles. The second kappa shape index (κ2) is 35.4. The maximum Gasteiger partial charge on any atom is 0.183 e. The zero-order chi connectivity index (χ0) is 81.0. The highest BCUT2D eigenvalue weighted by Gasteiger charge is 2.71. The summed E-state index contributed by atoms with van der Waals surface area (Å²) < 4.78 is 138. The molecule has 20 aliphatic heterocycles. The highest BCUT2D eigenvalue weighted by Crippen LogP contribution is 2.58. The van der Waals surface area contributed by atoms with E-state index < -0.39 is 48.5 Å². The highest BCUT2D eigenvalue weighted by molar-refractivity contribution is 8.28. The maximum atomic E-state index is 14.3. The van der Waals surface area contributed by atoms with Crippen molar-refractivity contribution in [2.45, 2.75) is 407 Å². The second-order valence-corrected chi connectivity index (χ2v) is 46.9. The zero-order valence-electron chi connectivity index (χ0n) is 70.1. The first-order chi connectivity index (χ1) is 55.5. The first-order valence-electron chi connectivity index (χ1n) is 44.8. The SMILES string of the molecule is C=C1C[C@@H]2CC[C@@]34C[C@H]5O[C@@H]6[C@@H](O3)[C@H]3O[C@H](CC[C@@H]3O[C@H]6C5O4)CC(=O)C[C@@H]3[C@@H](OC)[C@@H](C[C@@H](CN)OCCS(C)(C)O)O[C@H]3C[C@H]3O[C@@H](CC[C@@H]1O2)C[C@@H](C)C3=C.C=C1C[C@@H]2CC[C@@]34C[C@H]5O[C@@H]6[C@@H](O3)[C@H]3O[C@H](CC[C@@H]3O[C@H]6C5O4)CC(=O)C[C@@H]3[C@@H](OC)[C@@H](C[C@H](O)CNCC[Si](C)(C)O)O[C@H]3C[C@H]3O[C@@H](CC[C@@H]1O2)C[C@@H](C)C3=C. The van der Waals surface area contributed by atoms with Gasteiger partial charge < -0.3 is 116 Å². The Bertz CT molecular complexity index is 3500. The van der Waals surface area contributed by atoms with Crippen LogP contribution in [0, 0.1) is 23.7 Å². The van der Waals surface area contributed by atoms with Gasteiger partial charge in [-0.25, -0.2) is 0 Å². The molecule has 0 radical (unpaired) electrons. The van der Waals surface area contributed by atoms with E-state index in [-0.39, 0.29) is 238 Å². The Hall–Kier alpha value is -2.09. The number of Topliss-reactive ketones (excluding diaryl/α,β-unsaturated/α-hetero) is 2. The van der Waals surface area contributed by atoms with E-state index in [4.69, 9.17) is 95.7 Å². The molecule has 20 fully saturated rings. The molecule has 0 aromatic heterocycles. The van der Waals surface area contributed by atoms with Crippen LogP contribution in [-0.4, -0.2) is 300 Å². The summed E-state index contributed by atoms with van der Waals surface area (Å²) in [7, 11) is -0.516. The summed E-state index contributed by atoms with van der Waals surface area (Å²) in [6.45, 7) is 28.0. The molecule has 0 saturated carbocycles. The topological polar surface area (TPSA) is 308 Å². The van der Waals surface area contributed by atoms with E-state index in [0.29, 0.717) is 95.8 Å². The van der Waals surface area contributed by atoms with Crippen molar-refractivity contribution in [3.05, 3.63) is 48.6 Å². The Morgan fingerprint density at radius 2 is 0.940 bits per heavy atom. The number of nitrogens with two attached hydrogens (primary N) is 1. The lowest BCUT2D eigenvalue weighted by Gasteiger charge is -2.47. The van der Waals surface area contributed by atoms with Gasteiger partial charge in [-0.2, -0.15) is 0 Å². The van der Waals surface area contributed by atoms with Gasteiger partial charge in [0.05, 0.1) is 141 Å². The fourth-order valence-electron chi connectivity index (χ4n) is 23.8. The van der Waals surface area contributed by atoms with E-state index in [1.165, 1.54) is 0 Å². The molecule has 28 heteroatoms. The number of hydrogen-bond donors (Lipinski definition) is 5. The van der Waals surface area contributed by atoms with Gasteiger partial charge in [0.1, 0.15) is 72.6 Å². The average molecular weight is 1670 g/mol. The molecule has 20 saturated heterocycles. The van der Waals surface area contributed by atoms with Crippen molar-refractivity contribution in [3.63, 3.8) is 0 Å². The Morgan fingerprint density at radius 3 is 1.40 bits per heavy atom. The van der Waals surface area contributed by atoms with E-state index >= 15 is 0 Å². The summed E-state index contributed by atoms with van der Waals surface area (Å²) in [5.74, 6) is -0.702. The lowest BCUT2D eigenvalue weighted by atomic mass is 9.81. The summed E-state index contributed by atoms with van der Waals surface area (Å²) in [5, 5.41) is 14.5. The monoisotopic (exact) mass is 1670 g/mol. The Kier molecular flexibility index (Phi) is 26.2. The summed E-state index contributed by atoms with van der Waals surface area (Å²) in [6, 6.07) is 0.706. The summed E-state index contributed by atoms with van der Waals surface area (Å²) in [6.07, 6.45) is 13.9. The minimum absolute atomic E-state index is 0.0217. The third-order valence-corrected chi connectivity index (χ3v) is 32.5. The number of carbonyl (C=O) groups is 2. The number of ether oxygens (including phenoxy) is 19. The maximum absolute atomic E-state index is 14.3. The molecule has 38 atom stereocenters. The van der Waals surface area contributed by atoms with Crippen LogP contribution < -0.4 is 11.1 Å². The molecule has 24 bridgehead atoms. The van der Waals surface area contributed by atoms with Crippen molar-refractivity contribution in [2.24, 2.45) is 29.4 Å². The normalized spacial score (nSPS) is 48.7. The van der Waals surface area contributed by atoms with Crippen LogP contribution in [0.2, 0.25) is 19.1 Å². The van der Waals surface area contributed by atoms with Crippen molar-refractivity contribution in [1.29, 1.82) is 0 Å². The molecule has 0 aromatic rings. The van der Waals surface area contributed by atoms with Crippen LogP contribution in [0.15, 0.2) is 48.6 Å². The average Bonchev–Trinajstić information content (AvgIpc) is 1.55. The van der Waals surface area contributed by atoms with Gasteiger partial charge in [-0.3, -0.25) is 9.59 Å². The van der Waals surface area contributed by atoms with Crippen molar-refractivity contribution in [3.8, 4) is 0 Å². The van der Waals surface area contributed by atoms with Gasteiger partial charge in [-0.1, -0.05) is 40.2 Å². The summed E-state index contributed by atoms with van der Waals surface area (Å²) >= 11 is 0. The van der Waals surface area contributed by atoms with Gasteiger partial charge in [0.15, 0.2) is 19.9 Å². The van der Waals surface area contributed by atoms with Crippen molar-refractivity contribution < 1.29 is 114 Å². The zero-order valence-corrected chi connectivity index (χ0v) is 72.0. The first kappa shape index (κ1) is 86.0. The fraction of sp³-hybridized carbons (Fsp3) is 0.886. The quantitative estimate of drug-likeness (QED) is 0.0546. The molecular weight excluding hydrogens is 1530 g/mol. The van der Waals surface area contributed by atoms with Gasteiger partial charge in [0.2, 0.25) is 0 Å². The number of rotatable bonds is 16. The summed E-state index contributed by atoms with van der Waals surface area (Å²) in [4.78, 5) is 38.8. The van der Waals surface area contributed by atoms with Gasteiger partial charge >= 0.3 is 0 Å². The van der Waals surface area contributed by atoms with Crippen LogP contribution >= 0.6 is 10.3 Å². The molecular formula is C88H138N2O24SSi. The molecule has 654 valence electrons. The molecule has 116 heavy (non-hydrogen) atoms. The smallest absolute Gasteiger partial charge is 0.183 e. The fourth-order valence-corrected chi connectivity index (χ4v) is 25.0. The number of aliphatic hydroxyl groups is 1. The lowest BCUT2D eigenvalue weighted by molar-refractivity contribution is -0.292. The van der Waals surface area contributed by atoms with Crippen molar-refractivity contribution in [1.82, 2.24) is 5.32 Å². The van der Waals surface area contributed by atoms with Crippen LogP contribution in [-0.2, 0) is 99.6 Å². The second-order valence-electron chi connectivity index (χ2n) is 39.4. The first-order valence-corrected chi connectivity index (χ1v) is 50.5. The molecule has 2 unspecified atom stereocenters. The van der Waals surface area contributed by atoms with E-state index in [9.17, 15) is 24.0 Å². The van der Waals surface area contributed by atoms with E-state index in [1.807, 2.05) is 25.6 Å². The Balaban J connectivity index is 0.000000167. The third-order valence-electron chi connectivity index (χ3n) is 29.9. The van der Waals surface area contributed by atoms with E-state index in [0.717, 1.165) is 106 Å². The number of nitrogens with one attached hydrogen (secondary N) is 1. The summed E-state index contributed by atoms with van der Waals surface area (Å²) in [5.41, 5.74) is 10.6. The van der Waals surface area contributed by atoms with Gasteiger partial charge in [-0.05, 0) is 162 Å².